The molecule has 1 saturated carbocycles. The van der Waals surface area contributed by atoms with Crippen LogP contribution in [-0.4, -0.2) is 26.4 Å². The maximum absolute atomic E-state index is 12.0. The fraction of sp³-hybridized carbons (Fsp3) is 0.714. The lowest BCUT2D eigenvalue weighted by atomic mass is 10.2. The van der Waals surface area contributed by atoms with Crippen molar-refractivity contribution in [1.82, 2.24) is 14.7 Å². The molecule has 2 heterocycles. The Morgan fingerprint density at radius 2 is 2.16 bits per heavy atom. The van der Waals surface area contributed by atoms with Crippen LogP contribution >= 0.6 is 0 Å². The first-order chi connectivity index (χ1) is 8.92. The van der Waals surface area contributed by atoms with Gasteiger partial charge < -0.3 is 4.74 Å². The van der Waals surface area contributed by atoms with Gasteiger partial charge >= 0.3 is 6.09 Å². The molecule has 0 N–H and O–H groups in total. The Balaban J connectivity index is 1.66. The van der Waals surface area contributed by atoms with Crippen molar-refractivity contribution in [3.8, 4) is 0 Å². The Morgan fingerprint density at radius 3 is 2.79 bits per heavy atom. The van der Waals surface area contributed by atoms with E-state index in [9.17, 15) is 4.79 Å². The fourth-order valence-corrected chi connectivity index (χ4v) is 2.36. The van der Waals surface area contributed by atoms with E-state index in [0.717, 1.165) is 18.0 Å². The van der Waals surface area contributed by atoms with Crippen LogP contribution in [0.2, 0.25) is 0 Å². The first-order valence-corrected chi connectivity index (χ1v) is 6.94. The van der Waals surface area contributed by atoms with E-state index in [1.54, 1.807) is 4.90 Å². The molecule has 0 bridgehead atoms. The Labute approximate surface area is 113 Å². The van der Waals surface area contributed by atoms with Gasteiger partial charge in [0.05, 0.1) is 25.0 Å². The van der Waals surface area contributed by atoms with E-state index in [0.29, 0.717) is 13.1 Å². The van der Waals surface area contributed by atoms with Gasteiger partial charge in [0.2, 0.25) is 0 Å². The fourth-order valence-electron chi connectivity index (χ4n) is 2.36. The number of carbonyl (C=O) groups is 1. The first-order valence-electron chi connectivity index (χ1n) is 6.94. The average molecular weight is 263 g/mol. The topological polar surface area (TPSA) is 47.4 Å². The van der Waals surface area contributed by atoms with Gasteiger partial charge in [-0.2, -0.15) is 5.10 Å². The normalized spacial score (nSPS) is 18.6. The summed E-state index contributed by atoms with van der Waals surface area (Å²) in [7, 11) is 0. The van der Waals surface area contributed by atoms with Crippen molar-refractivity contribution in [2.75, 3.05) is 0 Å². The Kier molecular flexibility index (Phi) is 2.80. The maximum atomic E-state index is 12.0. The molecule has 0 aromatic carbocycles. The molecule has 1 aromatic rings. The Bertz CT molecular complexity index is 497. The van der Waals surface area contributed by atoms with Gasteiger partial charge in [0.15, 0.2) is 0 Å². The van der Waals surface area contributed by atoms with Crippen molar-refractivity contribution in [2.24, 2.45) is 5.92 Å². The molecule has 0 saturated heterocycles. The summed E-state index contributed by atoms with van der Waals surface area (Å²) in [6.07, 6.45) is 4.28. The van der Waals surface area contributed by atoms with Crippen LogP contribution < -0.4 is 0 Å². The van der Waals surface area contributed by atoms with Crippen LogP contribution in [0.1, 0.15) is 44.9 Å². The molecule has 1 aliphatic carbocycles. The molecule has 1 fully saturated rings. The summed E-state index contributed by atoms with van der Waals surface area (Å²) in [6.45, 7) is 7.91. The largest absolute Gasteiger partial charge is 0.444 e. The van der Waals surface area contributed by atoms with Crippen molar-refractivity contribution in [3.63, 3.8) is 0 Å². The maximum Gasteiger partial charge on any atom is 0.410 e. The second-order valence-electron chi connectivity index (χ2n) is 6.58. The molecule has 5 heteroatoms. The average Bonchev–Trinajstić information content (AvgIpc) is 2.86. The number of ether oxygens (including phenoxy) is 1. The zero-order chi connectivity index (χ0) is 13.6. The number of hydrogen-bond acceptors (Lipinski definition) is 3. The summed E-state index contributed by atoms with van der Waals surface area (Å²) in [5.74, 6) is 0.791. The lowest BCUT2D eigenvalue weighted by molar-refractivity contribution is 0.0238. The van der Waals surface area contributed by atoms with Crippen molar-refractivity contribution < 1.29 is 9.53 Å². The van der Waals surface area contributed by atoms with Crippen molar-refractivity contribution in [3.05, 3.63) is 17.5 Å². The van der Waals surface area contributed by atoms with Gasteiger partial charge in [-0.25, -0.2) is 4.79 Å². The molecule has 3 rings (SSSR count). The predicted octanol–water partition coefficient (Wildman–Crippen LogP) is 2.54. The number of amides is 1. The molecule has 0 radical (unpaired) electrons. The van der Waals surface area contributed by atoms with Gasteiger partial charge in [0.1, 0.15) is 5.60 Å². The monoisotopic (exact) mass is 263 g/mol. The van der Waals surface area contributed by atoms with Gasteiger partial charge in [0.25, 0.3) is 0 Å². The van der Waals surface area contributed by atoms with Gasteiger partial charge in [-0.3, -0.25) is 9.58 Å². The molecule has 0 unspecified atom stereocenters. The van der Waals surface area contributed by atoms with E-state index in [1.807, 2.05) is 27.0 Å². The highest BCUT2D eigenvalue weighted by molar-refractivity contribution is 5.69. The first kappa shape index (κ1) is 12.5. The molecule has 0 spiro atoms. The van der Waals surface area contributed by atoms with E-state index in [-0.39, 0.29) is 6.09 Å². The highest BCUT2D eigenvalue weighted by Crippen LogP contribution is 2.32. The second kappa shape index (κ2) is 4.25. The summed E-state index contributed by atoms with van der Waals surface area (Å²) in [5, 5.41) is 4.42. The zero-order valence-corrected chi connectivity index (χ0v) is 11.8. The van der Waals surface area contributed by atoms with Gasteiger partial charge in [-0.15, -0.1) is 0 Å². The van der Waals surface area contributed by atoms with Crippen molar-refractivity contribution in [2.45, 2.75) is 58.8 Å². The second-order valence-corrected chi connectivity index (χ2v) is 6.58. The Morgan fingerprint density at radius 1 is 1.42 bits per heavy atom. The van der Waals surface area contributed by atoms with E-state index < -0.39 is 5.60 Å². The van der Waals surface area contributed by atoms with Gasteiger partial charge in [-0.05, 0) is 39.5 Å². The molecule has 104 valence electrons. The number of hydrogen-bond donors (Lipinski definition) is 0. The molecule has 1 aromatic heterocycles. The molecule has 1 amide bonds. The summed E-state index contributed by atoms with van der Waals surface area (Å²) < 4.78 is 7.48. The summed E-state index contributed by atoms with van der Waals surface area (Å²) >= 11 is 0. The van der Waals surface area contributed by atoms with E-state index >= 15 is 0 Å². The van der Waals surface area contributed by atoms with E-state index in [1.165, 1.54) is 18.5 Å². The molecular formula is C14H21N3O2. The highest BCUT2D eigenvalue weighted by Gasteiger charge is 2.32. The van der Waals surface area contributed by atoms with Crippen LogP contribution in [-0.2, 0) is 24.4 Å². The third kappa shape index (κ3) is 2.74. The molecule has 0 atom stereocenters. The minimum Gasteiger partial charge on any atom is -0.444 e. The quantitative estimate of drug-likeness (QED) is 0.823. The number of rotatable bonds is 2. The zero-order valence-electron chi connectivity index (χ0n) is 11.8. The molecule has 2 aliphatic rings. The minimum atomic E-state index is -0.439. The third-order valence-electron chi connectivity index (χ3n) is 3.52. The molecular weight excluding hydrogens is 242 g/mol. The number of aromatic nitrogens is 2. The molecule has 1 aliphatic heterocycles. The van der Waals surface area contributed by atoms with Crippen LogP contribution in [0.15, 0.2) is 6.20 Å². The smallest absolute Gasteiger partial charge is 0.410 e. The number of fused-ring (bicyclic) bond motifs is 1. The van der Waals surface area contributed by atoms with Crippen molar-refractivity contribution >= 4 is 6.09 Å². The summed E-state index contributed by atoms with van der Waals surface area (Å²) in [6, 6.07) is 0. The lowest BCUT2D eigenvalue weighted by Gasteiger charge is -2.24. The summed E-state index contributed by atoms with van der Waals surface area (Å²) in [5.41, 5.74) is 1.90. The molecule has 5 nitrogen and oxygen atoms in total. The van der Waals surface area contributed by atoms with E-state index in [2.05, 4.69) is 9.78 Å². The van der Waals surface area contributed by atoms with Crippen LogP contribution in [0.25, 0.3) is 0 Å². The minimum absolute atomic E-state index is 0.235. The SMILES string of the molecule is CC(C)(C)OC(=O)N1Cc2cnn(CC3CC3)c2C1. The van der Waals surface area contributed by atoms with Gasteiger partial charge in [0, 0.05) is 12.1 Å². The number of carbonyl (C=O) groups excluding carboxylic acids is 1. The van der Waals surface area contributed by atoms with Crippen LogP contribution in [0, 0.1) is 5.92 Å². The van der Waals surface area contributed by atoms with Gasteiger partial charge in [-0.1, -0.05) is 0 Å². The van der Waals surface area contributed by atoms with Crippen molar-refractivity contribution in [1.29, 1.82) is 0 Å². The van der Waals surface area contributed by atoms with E-state index in [4.69, 9.17) is 4.74 Å². The molecule has 19 heavy (non-hydrogen) atoms. The summed E-state index contributed by atoms with van der Waals surface area (Å²) in [4.78, 5) is 13.8. The van der Waals surface area contributed by atoms with Crippen LogP contribution in [0.5, 0.6) is 0 Å². The lowest BCUT2D eigenvalue weighted by Crippen LogP contribution is -2.33. The predicted molar refractivity (Wildman–Crippen MR) is 70.4 cm³/mol. The highest BCUT2D eigenvalue weighted by atomic mass is 16.6. The standard InChI is InChI=1S/C14H21N3O2/c1-14(2,3)19-13(18)16-8-11-6-15-17(12(11)9-16)7-10-4-5-10/h6,10H,4-5,7-9H2,1-3H3. The Hall–Kier alpha value is -1.52. The third-order valence-corrected chi connectivity index (χ3v) is 3.52. The number of nitrogens with zero attached hydrogens (tertiary/aromatic N) is 3. The van der Waals surface area contributed by atoms with Crippen LogP contribution in [0.3, 0.4) is 0 Å². The van der Waals surface area contributed by atoms with Crippen LogP contribution in [0.4, 0.5) is 4.79 Å².